The smallest absolute Gasteiger partial charge is 0.191 e. The molecular formula is C15H21F2IN6. The van der Waals surface area contributed by atoms with Gasteiger partial charge in [-0.15, -0.1) is 34.2 Å². The molecule has 2 aromatic rings. The summed E-state index contributed by atoms with van der Waals surface area (Å²) in [6.45, 7) is 3.46. The molecule has 0 saturated carbocycles. The van der Waals surface area contributed by atoms with Crippen molar-refractivity contribution < 1.29 is 8.78 Å². The van der Waals surface area contributed by atoms with E-state index in [9.17, 15) is 8.78 Å². The zero-order chi connectivity index (χ0) is 16.7. The van der Waals surface area contributed by atoms with E-state index >= 15 is 0 Å². The molecule has 1 heterocycles. The number of nitrogens with zero attached hydrogens (tertiary/aromatic N) is 4. The van der Waals surface area contributed by atoms with Gasteiger partial charge in [0.15, 0.2) is 5.96 Å². The standard InChI is InChI=1S/C15H20F2N6.HI/c1-3-14-22-21-10-23(14)7-6-19-15(18-2)20-9-11-8-12(16)4-5-13(11)17;/h4-5,8,10H,3,6-7,9H2,1-2H3,(H2,18,19,20);1H. The second-order valence-electron chi connectivity index (χ2n) is 4.88. The highest BCUT2D eigenvalue weighted by molar-refractivity contribution is 14.0. The second-order valence-corrected chi connectivity index (χ2v) is 4.88. The van der Waals surface area contributed by atoms with Crippen molar-refractivity contribution in [3.05, 3.63) is 47.5 Å². The summed E-state index contributed by atoms with van der Waals surface area (Å²) >= 11 is 0. The van der Waals surface area contributed by atoms with Crippen LogP contribution in [0.2, 0.25) is 0 Å². The van der Waals surface area contributed by atoms with Crippen LogP contribution in [0.25, 0.3) is 0 Å². The van der Waals surface area contributed by atoms with Crippen molar-refractivity contribution in [1.29, 1.82) is 0 Å². The number of nitrogens with one attached hydrogen (secondary N) is 2. The van der Waals surface area contributed by atoms with Gasteiger partial charge in [-0.1, -0.05) is 6.92 Å². The molecule has 0 amide bonds. The SMILES string of the molecule is CCc1nncn1CCNC(=NC)NCc1cc(F)ccc1F.I. The van der Waals surface area contributed by atoms with E-state index in [-0.39, 0.29) is 36.1 Å². The molecule has 1 aromatic heterocycles. The molecule has 0 aliphatic carbocycles. The minimum Gasteiger partial charge on any atom is -0.355 e. The molecule has 0 atom stereocenters. The minimum absolute atomic E-state index is 0. The molecule has 0 radical (unpaired) electrons. The van der Waals surface area contributed by atoms with Crippen molar-refractivity contribution in [3.63, 3.8) is 0 Å². The van der Waals surface area contributed by atoms with Gasteiger partial charge in [0.25, 0.3) is 0 Å². The summed E-state index contributed by atoms with van der Waals surface area (Å²) in [5, 5.41) is 13.9. The predicted octanol–water partition coefficient (Wildman–Crippen LogP) is 2.10. The zero-order valence-corrected chi connectivity index (χ0v) is 15.9. The number of hydrogen-bond acceptors (Lipinski definition) is 3. The maximum atomic E-state index is 13.6. The number of rotatable bonds is 6. The maximum absolute atomic E-state index is 13.6. The van der Waals surface area contributed by atoms with Crippen LogP contribution in [0.3, 0.4) is 0 Å². The molecule has 1 aromatic carbocycles. The van der Waals surface area contributed by atoms with Crippen molar-refractivity contribution in [2.24, 2.45) is 4.99 Å². The quantitative estimate of drug-likeness (QED) is 0.402. The maximum Gasteiger partial charge on any atom is 0.191 e. The van der Waals surface area contributed by atoms with Gasteiger partial charge in [0, 0.05) is 38.7 Å². The summed E-state index contributed by atoms with van der Waals surface area (Å²) in [7, 11) is 1.62. The molecule has 24 heavy (non-hydrogen) atoms. The number of hydrogen-bond donors (Lipinski definition) is 2. The molecule has 2 rings (SSSR count). The van der Waals surface area contributed by atoms with Gasteiger partial charge >= 0.3 is 0 Å². The number of guanidine groups is 1. The van der Waals surface area contributed by atoms with Crippen molar-refractivity contribution in [2.45, 2.75) is 26.4 Å². The van der Waals surface area contributed by atoms with E-state index in [1.165, 1.54) is 6.07 Å². The summed E-state index contributed by atoms with van der Waals surface area (Å²) in [6, 6.07) is 3.37. The van der Waals surface area contributed by atoms with Crippen LogP contribution < -0.4 is 10.6 Å². The molecule has 0 aliphatic rings. The molecular weight excluding hydrogens is 429 g/mol. The number of aliphatic imine (C=N–C) groups is 1. The fourth-order valence-electron chi connectivity index (χ4n) is 2.11. The van der Waals surface area contributed by atoms with Crippen molar-refractivity contribution in [3.8, 4) is 0 Å². The van der Waals surface area contributed by atoms with E-state index in [4.69, 9.17) is 0 Å². The van der Waals surface area contributed by atoms with Crippen LogP contribution >= 0.6 is 24.0 Å². The van der Waals surface area contributed by atoms with E-state index in [2.05, 4.69) is 25.8 Å². The Labute approximate surface area is 156 Å². The Morgan fingerprint density at radius 1 is 1.29 bits per heavy atom. The number of halogens is 3. The molecule has 0 spiro atoms. The van der Waals surface area contributed by atoms with E-state index in [1.54, 1.807) is 13.4 Å². The fraction of sp³-hybridized carbons (Fsp3) is 0.400. The monoisotopic (exact) mass is 450 g/mol. The number of aryl methyl sites for hydroxylation is 1. The topological polar surface area (TPSA) is 67.1 Å². The highest BCUT2D eigenvalue weighted by Gasteiger charge is 2.06. The summed E-state index contributed by atoms with van der Waals surface area (Å²) in [4.78, 5) is 4.05. The third-order valence-electron chi connectivity index (χ3n) is 3.33. The van der Waals surface area contributed by atoms with Gasteiger partial charge in [-0.2, -0.15) is 0 Å². The fourth-order valence-corrected chi connectivity index (χ4v) is 2.11. The summed E-state index contributed by atoms with van der Waals surface area (Å²) < 4.78 is 28.6. The lowest BCUT2D eigenvalue weighted by Gasteiger charge is -2.13. The minimum atomic E-state index is -0.467. The van der Waals surface area contributed by atoms with Gasteiger partial charge in [-0.25, -0.2) is 8.78 Å². The first-order valence-corrected chi connectivity index (χ1v) is 7.39. The van der Waals surface area contributed by atoms with Gasteiger partial charge in [0.2, 0.25) is 0 Å². The van der Waals surface area contributed by atoms with E-state index in [1.807, 2.05) is 11.5 Å². The van der Waals surface area contributed by atoms with Crippen LogP contribution in [0.4, 0.5) is 8.78 Å². The Hall–Kier alpha value is -1.78. The highest BCUT2D eigenvalue weighted by Crippen LogP contribution is 2.09. The Morgan fingerprint density at radius 2 is 2.08 bits per heavy atom. The lowest BCUT2D eigenvalue weighted by Crippen LogP contribution is -2.38. The van der Waals surface area contributed by atoms with Crippen LogP contribution in [0.15, 0.2) is 29.5 Å². The largest absolute Gasteiger partial charge is 0.355 e. The van der Waals surface area contributed by atoms with Gasteiger partial charge in [-0.3, -0.25) is 4.99 Å². The Kier molecular flexibility index (Phi) is 8.58. The molecule has 6 nitrogen and oxygen atoms in total. The van der Waals surface area contributed by atoms with Gasteiger partial charge < -0.3 is 15.2 Å². The Bertz CT molecular complexity index is 674. The predicted molar refractivity (Wildman–Crippen MR) is 99.4 cm³/mol. The molecule has 0 bridgehead atoms. The van der Waals surface area contributed by atoms with Crippen LogP contribution in [-0.4, -0.2) is 34.3 Å². The molecule has 132 valence electrons. The van der Waals surface area contributed by atoms with Gasteiger partial charge in [0.1, 0.15) is 23.8 Å². The molecule has 2 N–H and O–H groups in total. The first-order valence-electron chi connectivity index (χ1n) is 7.39. The summed E-state index contributed by atoms with van der Waals surface area (Å²) in [5.41, 5.74) is 0.250. The molecule has 0 saturated heterocycles. The lowest BCUT2D eigenvalue weighted by molar-refractivity contribution is 0.580. The van der Waals surface area contributed by atoms with E-state index < -0.39 is 11.6 Å². The van der Waals surface area contributed by atoms with Crippen LogP contribution in [-0.2, 0) is 19.5 Å². The molecule has 0 unspecified atom stereocenters. The Balaban J connectivity index is 0.00000288. The van der Waals surface area contributed by atoms with Crippen molar-refractivity contribution >= 4 is 29.9 Å². The Morgan fingerprint density at radius 3 is 2.79 bits per heavy atom. The zero-order valence-electron chi connectivity index (χ0n) is 13.6. The normalized spacial score (nSPS) is 11.1. The average Bonchev–Trinajstić information content (AvgIpc) is 3.01. The number of benzene rings is 1. The van der Waals surface area contributed by atoms with Crippen LogP contribution in [0.5, 0.6) is 0 Å². The third kappa shape index (κ3) is 5.69. The lowest BCUT2D eigenvalue weighted by atomic mass is 10.2. The average molecular weight is 450 g/mol. The van der Waals surface area contributed by atoms with Crippen LogP contribution in [0, 0.1) is 11.6 Å². The first-order chi connectivity index (χ1) is 11.1. The summed E-state index contributed by atoms with van der Waals surface area (Å²) in [5.74, 6) is 0.508. The summed E-state index contributed by atoms with van der Waals surface area (Å²) in [6.07, 6.45) is 2.49. The highest BCUT2D eigenvalue weighted by atomic mass is 127. The number of aromatic nitrogens is 3. The van der Waals surface area contributed by atoms with Crippen molar-refractivity contribution in [1.82, 2.24) is 25.4 Å². The second kappa shape index (κ2) is 10.2. The molecule has 0 fully saturated rings. The molecule has 0 aliphatic heterocycles. The third-order valence-corrected chi connectivity index (χ3v) is 3.33. The van der Waals surface area contributed by atoms with Gasteiger partial charge in [0.05, 0.1) is 0 Å². The van der Waals surface area contributed by atoms with E-state index in [0.29, 0.717) is 19.0 Å². The van der Waals surface area contributed by atoms with Crippen molar-refractivity contribution in [2.75, 3.05) is 13.6 Å². The van der Waals surface area contributed by atoms with Gasteiger partial charge in [-0.05, 0) is 18.2 Å². The first kappa shape index (κ1) is 20.3. The molecule has 9 heteroatoms. The van der Waals surface area contributed by atoms with E-state index in [0.717, 1.165) is 24.4 Å². The van der Waals surface area contributed by atoms with Crippen LogP contribution in [0.1, 0.15) is 18.3 Å².